The van der Waals surface area contributed by atoms with Gasteiger partial charge in [-0.2, -0.15) is 0 Å². The molecule has 0 spiro atoms. The van der Waals surface area contributed by atoms with Crippen molar-refractivity contribution in [2.75, 3.05) is 0 Å². The first-order valence-corrected chi connectivity index (χ1v) is 44.3. The Balaban J connectivity index is 0.000000661. The average Bonchev–Trinajstić information content (AvgIpc) is 0.767. The summed E-state index contributed by atoms with van der Waals surface area (Å²) in [5.74, 6) is 0. The molecule has 0 heterocycles. The molecule has 17 rings (SSSR count). The van der Waals surface area contributed by atoms with Crippen molar-refractivity contribution in [1.82, 2.24) is 0 Å². The molecular weight excluding hydrogens is 1420 g/mol. The molecule has 0 bridgehead atoms. The lowest BCUT2D eigenvalue weighted by atomic mass is 9.93. The Morgan fingerprint density at radius 3 is 0.559 bits per heavy atom. The summed E-state index contributed by atoms with van der Waals surface area (Å²) >= 11 is 0. The Morgan fingerprint density at radius 1 is 0.110 bits per heavy atom. The summed E-state index contributed by atoms with van der Waals surface area (Å²) in [6, 6.07) is 109. The molecule has 0 nitrogen and oxygen atoms in total. The van der Waals surface area contributed by atoms with Crippen LogP contribution in [0.1, 0.15) is 214 Å². The van der Waals surface area contributed by atoms with Crippen LogP contribution in [0.25, 0.3) is 97.0 Å². The van der Waals surface area contributed by atoms with Gasteiger partial charge in [-0.1, -0.05) is 471 Å². The van der Waals surface area contributed by atoms with E-state index in [0.717, 1.165) is 0 Å². The fourth-order valence-electron chi connectivity index (χ4n) is 13.3. The third-order valence-corrected chi connectivity index (χ3v) is 19.0. The van der Waals surface area contributed by atoms with Gasteiger partial charge in [-0.05, 0) is 253 Å². The Morgan fingerprint density at radius 2 is 0.297 bits per heavy atom. The highest BCUT2D eigenvalue weighted by Crippen LogP contribution is 2.33. The predicted octanol–water partition coefficient (Wildman–Crippen LogP) is 38.0. The largest absolute Gasteiger partial charge is 0.0683 e. The third-order valence-electron chi connectivity index (χ3n) is 19.0. The lowest BCUT2D eigenvalue weighted by molar-refractivity contribution is 1.39. The second-order valence-electron chi connectivity index (χ2n) is 27.6. The smallest absolute Gasteiger partial charge is 0.0105 e. The van der Waals surface area contributed by atoms with Crippen molar-refractivity contribution in [2.24, 2.45) is 0 Å². The normalized spacial score (nSPS) is 9.44. The molecule has 17 aromatic carbocycles. The second-order valence-corrected chi connectivity index (χ2v) is 27.6. The Bertz CT molecular complexity index is 5210. The van der Waals surface area contributed by atoms with Crippen LogP contribution in [0.2, 0.25) is 0 Å². The highest BCUT2D eigenvalue weighted by Gasteiger charge is 2.08. The summed E-state index contributed by atoms with van der Waals surface area (Å²) < 4.78 is 0. The van der Waals surface area contributed by atoms with Gasteiger partial charge in [0.15, 0.2) is 0 Å². The molecule has 0 aliphatic heterocycles. The quantitative estimate of drug-likeness (QED) is 0.105. The van der Waals surface area contributed by atoms with Crippen molar-refractivity contribution in [3.63, 3.8) is 0 Å². The van der Waals surface area contributed by atoms with Crippen LogP contribution in [-0.2, 0) is 0 Å². The molecule has 0 aliphatic carbocycles. The average molecular weight is 1570 g/mol. The van der Waals surface area contributed by atoms with E-state index in [9.17, 15) is 0 Å². The molecule has 17 aromatic rings. The minimum absolute atomic E-state index is 1.32. The minimum Gasteiger partial charge on any atom is -0.0683 e. The lowest BCUT2D eigenvalue weighted by Crippen LogP contribution is -1.87. The highest BCUT2D eigenvalue weighted by molar-refractivity contribution is 6.08. The molecule has 624 valence electrons. The molecule has 0 amide bonds. The molecule has 0 saturated carbocycles. The minimum atomic E-state index is 1.32. The maximum atomic E-state index is 2.27. The van der Waals surface area contributed by atoms with Crippen LogP contribution in [0, 0.1) is 111 Å². The molecule has 0 radical (unpaired) electrons. The Labute approximate surface area is 719 Å². The zero-order valence-electron chi connectivity index (χ0n) is 79.9. The SMILES string of the molecule is CC.CC.CC.CC.CC.CC.CC.CC.CC.Cc1c2ccccc2c(C)c2ccccc12.Cc1ccc(C)c2ccccc12.Cc1ccc(C)cc1.Cc1ccc2c(ccc3cc(C)ccc32)c1.Cc1ccc2cc(C)ccc2c1.Cc1ccc2cc3cc(C)ccc3cc2c1.Cc1cccc(C)c1.Cc1cccc2c(C)cccc12. The summed E-state index contributed by atoms with van der Waals surface area (Å²) in [7, 11) is 0. The van der Waals surface area contributed by atoms with E-state index in [1.165, 1.54) is 186 Å². The molecular formula is C118H152. The molecule has 0 fully saturated rings. The van der Waals surface area contributed by atoms with Gasteiger partial charge in [0, 0.05) is 0 Å². The zero-order chi connectivity index (χ0) is 89.0. The van der Waals surface area contributed by atoms with E-state index < -0.39 is 0 Å². The first-order valence-electron chi connectivity index (χ1n) is 44.3. The van der Waals surface area contributed by atoms with Crippen molar-refractivity contribution in [1.29, 1.82) is 0 Å². The summed E-state index contributed by atoms with van der Waals surface area (Å²) in [6.45, 7) is 70.2. The van der Waals surface area contributed by atoms with Gasteiger partial charge >= 0.3 is 0 Å². The van der Waals surface area contributed by atoms with Crippen LogP contribution < -0.4 is 0 Å². The van der Waals surface area contributed by atoms with Crippen molar-refractivity contribution >= 4 is 97.0 Å². The molecule has 0 saturated heterocycles. The van der Waals surface area contributed by atoms with E-state index in [-0.39, 0.29) is 0 Å². The van der Waals surface area contributed by atoms with Crippen LogP contribution in [0.15, 0.2) is 303 Å². The molecule has 0 aliphatic rings. The monoisotopic (exact) mass is 1570 g/mol. The van der Waals surface area contributed by atoms with Gasteiger partial charge in [0.1, 0.15) is 0 Å². The van der Waals surface area contributed by atoms with E-state index >= 15 is 0 Å². The van der Waals surface area contributed by atoms with Crippen molar-refractivity contribution in [3.8, 4) is 0 Å². The van der Waals surface area contributed by atoms with E-state index in [2.05, 4.69) is 414 Å². The number of hydrogen-bond acceptors (Lipinski definition) is 0. The first kappa shape index (κ1) is 105. The van der Waals surface area contributed by atoms with Gasteiger partial charge < -0.3 is 0 Å². The number of aryl methyl sites for hydroxylation is 16. The maximum Gasteiger partial charge on any atom is -0.0105 e. The molecule has 118 heavy (non-hydrogen) atoms. The molecule has 0 aromatic heterocycles. The topological polar surface area (TPSA) is 0 Å². The van der Waals surface area contributed by atoms with E-state index in [4.69, 9.17) is 0 Å². The second kappa shape index (κ2) is 58.8. The Hall–Kier alpha value is -10.9. The van der Waals surface area contributed by atoms with E-state index in [0.29, 0.717) is 0 Å². The third kappa shape index (κ3) is 32.9. The fourth-order valence-corrected chi connectivity index (χ4v) is 13.3. The van der Waals surface area contributed by atoms with Gasteiger partial charge in [0.25, 0.3) is 0 Å². The predicted molar refractivity (Wildman–Crippen MR) is 547 cm³/mol. The summed E-state index contributed by atoms with van der Waals surface area (Å²) in [4.78, 5) is 0. The van der Waals surface area contributed by atoms with Gasteiger partial charge in [-0.3, -0.25) is 0 Å². The summed E-state index contributed by atoms with van der Waals surface area (Å²) in [6.07, 6.45) is 0. The number of rotatable bonds is 0. The van der Waals surface area contributed by atoms with Gasteiger partial charge in [-0.25, -0.2) is 0 Å². The van der Waals surface area contributed by atoms with Crippen LogP contribution >= 0.6 is 0 Å². The van der Waals surface area contributed by atoms with Crippen LogP contribution in [0.4, 0.5) is 0 Å². The van der Waals surface area contributed by atoms with Crippen molar-refractivity contribution < 1.29 is 0 Å². The van der Waals surface area contributed by atoms with E-state index in [1.54, 1.807) is 0 Å². The van der Waals surface area contributed by atoms with E-state index in [1.807, 2.05) is 125 Å². The summed E-state index contributed by atoms with van der Waals surface area (Å²) in [5.41, 5.74) is 21.5. The molecule has 0 atom stereocenters. The van der Waals surface area contributed by atoms with Crippen LogP contribution in [0.3, 0.4) is 0 Å². The van der Waals surface area contributed by atoms with Gasteiger partial charge in [-0.15, -0.1) is 0 Å². The first-order chi connectivity index (χ1) is 57.2. The molecule has 0 N–H and O–H groups in total. The standard InChI is InChI=1S/3C16H14.3C12H12.2C8H10.9C2H6/c1-11-3-7-15-13(9-11)5-6-14-10-12(2)4-8-16(14)15;1-11-3-5-13-10-16-8-12(2)4-6-14(16)9-15(13)7-11;1-11-13-7-3-5-9-15(13)12(2)16-10-6-4-8-14(11)16;1-9-3-5-12-8-10(2)4-6-11(12)7-9;1-9-5-3-8-12-10(2)6-4-7-11(9)12;1-9-7-8-10(2)12-6-4-3-5-11(9)12;1-7-3-5-8(2)6-4-7;1-7-4-3-5-8(2)6-7;9*1-2/h3*3-10H,1-2H3;3*3-8H,1-2H3;2*3-6H,1-2H3;9*1-2H3. The summed E-state index contributed by atoms with van der Waals surface area (Å²) in [5, 5.41) is 24.3. The maximum absolute atomic E-state index is 2.27. The van der Waals surface area contributed by atoms with Crippen molar-refractivity contribution in [3.05, 3.63) is 392 Å². The van der Waals surface area contributed by atoms with Gasteiger partial charge in [0.2, 0.25) is 0 Å². The zero-order valence-corrected chi connectivity index (χ0v) is 79.9. The van der Waals surface area contributed by atoms with Crippen molar-refractivity contribution in [2.45, 2.75) is 235 Å². The van der Waals surface area contributed by atoms with Crippen LogP contribution in [0.5, 0.6) is 0 Å². The molecule has 0 heteroatoms. The highest BCUT2D eigenvalue weighted by atomic mass is 14.1. The Kier molecular flexibility index (Phi) is 52.4. The lowest BCUT2D eigenvalue weighted by Gasteiger charge is -2.11. The van der Waals surface area contributed by atoms with Crippen LogP contribution in [-0.4, -0.2) is 0 Å². The molecule has 0 unspecified atom stereocenters. The fraction of sp³-hybridized carbons (Fsp3) is 0.288. The van der Waals surface area contributed by atoms with Gasteiger partial charge in [0.05, 0.1) is 0 Å². The number of hydrogen-bond donors (Lipinski definition) is 0. The number of benzene rings is 17. The number of fused-ring (bicyclic) bond motifs is 10.